The molecule has 2 aliphatic rings. The maximum Gasteiger partial charge on any atom is 0.221 e. The van der Waals surface area contributed by atoms with Crippen LogP contribution in [0.15, 0.2) is 89.8 Å². The molecule has 0 unspecified atom stereocenters. The number of aliphatic hydroxyl groups is 1. The van der Waals surface area contributed by atoms with E-state index in [-0.39, 0.29) is 11.9 Å². The highest BCUT2D eigenvalue weighted by molar-refractivity contribution is 7.98. The molecule has 4 rings (SSSR count). The van der Waals surface area contributed by atoms with Crippen molar-refractivity contribution in [3.05, 3.63) is 102 Å². The van der Waals surface area contributed by atoms with E-state index < -0.39 is 5.78 Å². The Balaban J connectivity index is 0.000000188. The largest absolute Gasteiger partial charge is 0.503 e. The number of carbonyl (C=O) groups excluding carboxylic acids is 1. The average molecular weight is 482 g/mol. The van der Waals surface area contributed by atoms with Gasteiger partial charge < -0.3 is 15.4 Å². The lowest BCUT2D eigenvalue weighted by Gasteiger charge is -2.39. The maximum atomic E-state index is 11.4. The molecule has 33 heavy (non-hydrogen) atoms. The van der Waals surface area contributed by atoms with Gasteiger partial charge in [0.15, 0.2) is 5.76 Å². The van der Waals surface area contributed by atoms with Crippen LogP contribution >= 0.6 is 23.5 Å². The van der Waals surface area contributed by atoms with E-state index in [1.165, 1.54) is 21.6 Å². The number of aliphatic hydroxyl groups excluding tert-OH is 1. The smallest absolute Gasteiger partial charge is 0.221 e. The monoisotopic (exact) mass is 481 g/mol. The number of thioether (sulfide) groups is 2. The predicted molar refractivity (Wildman–Crippen MR) is 140 cm³/mol. The minimum absolute atomic E-state index is 0.0417. The highest BCUT2D eigenvalue weighted by atomic mass is 32.2. The highest BCUT2D eigenvalue weighted by Gasteiger charge is 2.27. The first-order chi connectivity index (χ1) is 16.0. The Hall–Kier alpha value is -2.61. The van der Waals surface area contributed by atoms with E-state index in [2.05, 4.69) is 72.5 Å². The third-order valence-corrected chi connectivity index (χ3v) is 7.31. The topological polar surface area (TPSA) is 64.6 Å². The summed E-state index contributed by atoms with van der Waals surface area (Å²) in [5.41, 5.74) is 11.1. The summed E-state index contributed by atoms with van der Waals surface area (Å²) in [5.74, 6) is 1.14. The van der Waals surface area contributed by atoms with Crippen molar-refractivity contribution in [1.82, 2.24) is 15.8 Å². The SMILES string of the molecule is C=CC(=O)/C(O)=C1\NN[C@H](C)N(CCSC)C1=C.c1ccc2c(c1)CSc1ccccc1C2. The van der Waals surface area contributed by atoms with E-state index in [0.717, 1.165) is 30.5 Å². The summed E-state index contributed by atoms with van der Waals surface area (Å²) >= 11 is 3.68. The molecule has 1 fully saturated rings. The second-order valence-corrected chi connectivity index (χ2v) is 9.71. The van der Waals surface area contributed by atoms with Gasteiger partial charge in [-0.3, -0.25) is 4.79 Å². The van der Waals surface area contributed by atoms with Crippen LogP contribution in [0.3, 0.4) is 0 Å². The van der Waals surface area contributed by atoms with Gasteiger partial charge in [-0.05, 0) is 48.4 Å². The Labute approximate surface area is 205 Å². The van der Waals surface area contributed by atoms with Crippen LogP contribution in [-0.4, -0.2) is 40.5 Å². The van der Waals surface area contributed by atoms with Crippen molar-refractivity contribution in [2.24, 2.45) is 0 Å². The third-order valence-electron chi connectivity index (χ3n) is 5.56. The quantitative estimate of drug-likeness (QED) is 0.409. The van der Waals surface area contributed by atoms with Crippen LogP contribution in [0.5, 0.6) is 0 Å². The third kappa shape index (κ3) is 6.25. The molecule has 1 saturated heterocycles. The normalized spacial score (nSPS) is 18.5. The molecule has 0 spiro atoms. The number of ketones is 1. The minimum Gasteiger partial charge on any atom is -0.503 e. The zero-order valence-electron chi connectivity index (χ0n) is 19.1. The molecule has 5 nitrogen and oxygen atoms in total. The molecule has 0 aromatic heterocycles. The molecule has 7 heteroatoms. The summed E-state index contributed by atoms with van der Waals surface area (Å²) in [5, 5.41) is 9.81. The number of carbonyl (C=O) groups is 1. The summed E-state index contributed by atoms with van der Waals surface area (Å²) in [6.45, 7) is 10.0. The van der Waals surface area contributed by atoms with Gasteiger partial charge in [0.05, 0.1) is 11.9 Å². The Morgan fingerprint density at radius 3 is 2.58 bits per heavy atom. The number of nitrogens with one attached hydrogen (secondary N) is 2. The fraction of sp³-hybridized carbons (Fsp3) is 0.269. The Morgan fingerprint density at radius 2 is 1.88 bits per heavy atom. The summed E-state index contributed by atoms with van der Waals surface area (Å²) in [4.78, 5) is 14.8. The number of hydrazine groups is 1. The van der Waals surface area contributed by atoms with E-state index in [9.17, 15) is 9.90 Å². The number of benzene rings is 2. The Morgan fingerprint density at radius 1 is 1.21 bits per heavy atom. The standard InChI is InChI=1S/C14H12S.C12H19N3O2S/c1-2-7-13-10-15-14-8-4-3-6-12(14)9-11(13)5-1;1-5-10(16)12(17)11-8(2)15(6-7-18-4)9(3)13-14-11/h1-8H,9-10H2;5,9,13-14,17H,1-2,6-7H2,3-4H3/b;12-11+/t;9-/m.0/s1. The second kappa shape index (κ2) is 12.0. The van der Waals surface area contributed by atoms with Gasteiger partial charge in [-0.15, -0.1) is 11.8 Å². The lowest BCUT2D eigenvalue weighted by Crippen LogP contribution is -2.56. The van der Waals surface area contributed by atoms with Gasteiger partial charge in [-0.25, -0.2) is 5.43 Å². The predicted octanol–water partition coefficient (Wildman–Crippen LogP) is 5.03. The summed E-state index contributed by atoms with van der Waals surface area (Å²) in [6.07, 6.45) is 4.22. The fourth-order valence-corrected chi connectivity index (χ4v) is 5.13. The molecule has 0 saturated carbocycles. The van der Waals surface area contributed by atoms with E-state index in [1.807, 2.05) is 29.8 Å². The molecular weight excluding hydrogens is 450 g/mol. The summed E-state index contributed by atoms with van der Waals surface area (Å²) in [6, 6.07) is 17.5. The number of fused-ring (bicyclic) bond motifs is 2. The molecular formula is C26H31N3O2S2. The van der Waals surface area contributed by atoms with Crippen LogP contribution in [0.4, 0.5) is 0 Å². The van der Waals surface area contributed by atoms with Crippen molar-refractivity contribution in [2.75, 3.05) is 18.6 Å². The molecule has 174 valence electrons. The molecule has 0 radical (unpaired) electrons. The van der Waals surface area contributed by atoms with Gasteiger partial charge in [0.2, 0.25) is 5.78 Å². The number of hydrogen-bond acceptors (Lipinski definition) is 7. The number of hydrogen-bond donors (Lipinski definition) is 3. The molecule has 2 aromatic rings. The molecule has 0 aliphatic carbocycles. The molecule has 1 atom stereocenters. The fourth-order valence-electron chi connectivity index (χ4n) is 3.66. The zero-order chi connectivity index (χ0) is 23.8. The van der Waals surface area contributed by atoms with Crippen LogP contribution in [0.2, 0.25) is 0 Å². The molecule has 2 aliphatic heterocycles. The summed E-state index contributed by atoms with van der Waals surface area (Å²) < 4.78 is 0. The lowest BCUT2D eigenvalue weighted by molar-refractivity contribution is -0.113. The maximum absolute atomic E-state index is 11.4. The first-order valence-corrected chi connectivity index (χ1v) is 13.2. The Bertz CT molecular complexity index is 1010. The lowest BCUT2D eigenvalue weighted by atomic mass is 10.0. The van der Waals surface area contributed by atoms with Crippen LogP contribution in [0.1, 0.15) is 23.6 Å². The van der Waals surface area contributed by atoms with Gasteiger partial charge in [-0.2, -0.15) is 11.8 Å². The van der Waals surface area contributed by atoms with Gasteiger partial charge in [0.25, 0.3) is 0 Å². The van der Waals surface area contributed by atoms with E-state index in [4.69, 9.17) is 0 Å². The first-order valence-electron chi connectivity index (χ1n) is 10.8. The van der Waals surface area contributed by atoms with Crippen molar-refractivity contribution in [3.63, 3.8) is 0 Å². The van der Waals surface area contributed by atoms with Crippen molar-refractivity contribution >= 4 is 29.3 Å². The molecule has 3 N–H and O–H groups in total. The minimum atomic E-state index is -0.528. The second-order valence-electron chi connectivity index (χ2n) is 7.71. The van der Waals surface area contributed by atoms with Crippen molar-refractivity contribution in [3.8, 4) is 0 Å². The van der Waals surface area contributed by atoms with Gasteiger partial charge in [-0.1, -0.05) is 55.6 Å². The van der Waals surface area contributed by atoms with Gasteiger partial charge in [0.1, 0.15) is 5.70 Å². The average Bonchev–Trinajstić information content (AvgIpc) is 3.03. The zero-order valence-corrected chi connectivity index (χ0v) is 20.8. The van der Waals surface area contributed by atoms with Crippen molar-refractivity contribution in [1.29, 1.82) is 0 Å². The number of nitrogens with zero attached hydrogens (tertiary/aromatic N) is 1. The van der Waals surface area contributed by atoms with Crippen LogP contribution in [0.25, 0.3) is 0 Å². The van der Waals surface area contributed by atoms with Crippen molar-refractivity contribution < 1.29 is 9.90 Å². The van der Waals surface area contributed by atoms with Gasteiger partial charge in [0, 0.05) is 22.9 Å². The molecule has 0 amide bonds. The first kappa shape index (κ1) is 25.0. The summed E-state index contributed by atoms with van der Waals surface area (Å²) in [7, 11) is 0. The Kier molecular flexibility index (Phi) is 9.11. The molecule has 2 heterocycles. The number of allylic oxidation sites excluding steroid dienone is 1. The molecule has 0 bridgehead atoms. The highest BCUT2D eigenvalue weighted by Crippen LogP contribution is 2.33. The number of rotatable bonds is 5. The van der Waals surface area contributed by atoms with Crippen LogP contribution < -0.4 is 10.9 Å². The van der Waals surface area contributed by atoms with Crippen LogP contribution in [0, 0.1) is 0 Å². The van der Waals surface area contributed by atoms with Crippen molar-refractivity contribution in [2.45, 2.75) is 30.2 Å². The van der Waals surface area contributed by atoms with E-state index >= 15 is 0 Å². The van der Waals surface area contributed by atoms with E-state index in [0.29, 0.717) is 11.4 Å². The van der Waals surface area contributed by atoms with Crippen LogP contribution in [-0.2, 0) is 17.0 Å². The van der Waals surface area contributed by atoms with Gasteiger partial charge >= 0.3 is 0 Å². The molecule has 2 aromatic carbocycles. The van der Waals surface area contributed by atoms with E-state index in [1.54, 1.807) is 11.8 Å².